The van der Waals surface area contributed by atoms with E-state index in [0.29, 0.717) is 23.0 Å². The minimum atomic E-state index is -0.502. The Morgan fingerprint density at radius 3 is 2.38 bits per heavy atom. The summed E-state index contributed by atoms with van der Waals surface area (Å²) in [4.78, 5) is 26.8. The van der Waals surface area contributed by atoms with Gasteiger partial charge in [0.1, 0.15) is 0 Å². The lowest BCUT2D eigenvalue weighted by Crippen LogP contribution is -2.34. The van der Waals surface area contributed by atoms with Crippen LogP contribution in [-0.2, 0) is 13.0 Å². The van der Waals surface area contributed by atoms with E-state index >= 15 is 0 Å². The first kappa shape index (κ1) is 22.3. The summed E-state index contributed by atoms with van der Waals surface area (Å²) < 4.78 is 10.8. The van der Waals surface area contributed by atoms with E-state index in [2.05, 4.69) is 4.90 Å². The van der Waals surface area contributed by atoms with Crippen LogP contribution in [0.25, 0.3) is 0 Å². The minimum absolute atomic E-state index is 0.0450. The summed E-state index contributed by atoms with van der Waals surface area (Å²) in [5, 5.41) is 8.72. The van der Waals surface area contributed by atoms with Gasteiger partial charge in [0.05, 0.1) is 14.2 Å². The molecule has 1 amide bonds. The number of likely N-dealkylation sites (tertiary alicyclic amines) is 1. The number of hydrogen-bond donors (Lipinski definition) is 2. The van der Waals surface area contributed by atoms with Gasteiger partial charge in [0.15, 0.2) is 17.3 Å². The molecule has 32 heavy (non-hydrogen) atoms. The number of hydroxylamine groups is 1. The molecule has 1 atom stereocenters. The summed E-state index contributed by atoms with van der Waals surface area (Å²) in [6.07, 6.45) is 3.87. The second kappa shape index (κ2) is 9.71. The molecule has 1 heterocycles. The number of ketones is 1. The Bertz CT molecular complexity index is 981. The highest BCUT2D eigenvalue weighted by Gasteiger charge is 2.34. The standard InChI is InChI=1S/C25H30N2O5/c1-31-22-13-19-12-20(24(28)21(19)14-23(22)32-2)11-16-7-9-27(10-8-16)15-17-3-5-18(6-4-17)25(29)26-30/h3-6,13-14,16,20,30H,7-12,15H2,1-2H3,(H,26,29). The number of ether oxygens (including phenoxy) is 2. The number of nitrogens with one attached hydrogen (secondary N) is 1. The van der Waals surface area contributed by atoms with E-state index in [1.54, 1.807) is 31.8 Å². The van der Waals surface area contributed by atoms with Crippen LogP contribution in [0.2, 0.25) is 0 Å². The number of nitrogens with zero attached hydrogens (tertiary/aromatic N) is 1. The van der Waals surface area contributed by atoms with Crippen LogP contribution in [0, 0.1) is 11.8 Å². The van der Waals surface area contributed by atoms with Gasteiger partial charge in [-0.1, -0.05) is 12.1 Å². The number of amides is 1. The van der Waals surface area contributed by atoms with Gasteiger partial charge in [0.2, 0.25) is 0 Å². The van der Waals surface area contributed by atoms with Gasteiger partial charge in [-0.05, 0) is 80.1 Å². The fourth-order valence-corrected chi connectivity index (χ4v) is 4.95. The molecule has 0 spiro atoms. The van der Waals surface area contributed by atoms with Gasteiger partial charge in [-0.25, -0.2) is 5.48 Å². The van der Waals surface area contributed by atoms with Crippen LogP contribution >= 0.6 is 0 Å². The summed E-state index contributed by atoms with van der Waals surface area (Å²) in [6.45, 7) is 2.83. The Morgan fingerprint density at radius 1 is 1.09 bits per heavy atom. The van der Waals surface area contributed by atoms with Crippen molar-refractivity contribution in [1.29, 1.82) is 0 Å². The van der Waals surface area contributed by atoms with Crippen LogP contribution in [-0.4, -0.2) is 49.1 Å². The van der Waals surface area contributed by atoms with Crippen molar-refractivity contribution in [2.24, 2.45) is 11.8 Å². The summed E-state index contributed by atoms with van der Waals surface area (Å²) >= 11 is 0. The molecule has 0 saturated carbocycles. The fourth-order valence-electron chi connectivity index (χ4n) is 4.95. The summed E-state index contributed by atoms with van der Waals surface area (Å²) in [5.74, 6) is 1.61. The number of rotatable bonds is 7. The maximum atomic E-state index is 13.0. The van der Waals surface area contributed by atoms with Crippen molar-refractivity contribution < 1.29 is 24.3 Å². The molecule has 2 aromatic carbocycles. The maximum absolute atomic E-state index is 13.0. The Kier molecular flexibility index (Phi) is 6.77. The van der Waals surface area contributed by atoms with Crippen molar-refractivity contribution in [2.45, 2.75) is 32.2 Å². The largest absolute Gasteiger partial charge is 0.493 e. The molecular weight excluding hydrogens is 408 g/mol. The van der Waals surface area contributed by atoms with Gasteiger partial charge in [0, 0.05) is 23.6 Å². The van der Waals surface area contributed by atoms with Gasteiger partial charge in [-0.3, -0.25) is 19.7 Å². The van der Waals surface area contributed by atoms with E-state index in [1.807, 2.05) is 24.3 Å². The predicted octanol–water partition coefficient (Wildman–Crippen LogP) is 3.48. The summed E-state index contributed by atoms with van der Waals surface area (Å²) in [5.41, 5.74) is 5.07. The topological polar surface area (TPSA) is 88.1 Å². The number of hydrogen-bond acceptors (Lipinski definition) is 6. The summed E-state index contributed by atoms with van der Waals surface area (Å²) in [7, 11) is 3.21. The molecule has 1 aliphatic carbocycles. The molecule has 1 fully saturated rings. The number of methoxy groups -OCH3 is 2. The van der Waals surface area contributed by atoms with Crippen molar-refractivity contribution in [2.75, 3.05) is 27.3 Å². The van der Waals surface area contributed by atoms with Crippen molar-refractivity contribution in [3.8, 4) is 11.5 Å². The van der Waals surface area contributed by atoms with E-state index in [-0.39, 0.29) is 11.7 Å². The Hall–Kier alpha value is -2.90. The van der Waals surface area contributed by atoms with E-state index in [4.69, 9.17) is 14.7 Å². The number of carbonyl (C=O) groups excluding carboxylic acids is 2. The van der Waals surface area contributed by atoms with Gasteiger partial charge in [-0.2, -0.15) is 0 Å². The van der Waals surface area contributed by atoms with Crippen LogP contribution in [0.3, 0.4) is 0 Å². The average molecular weight is 439 g/mol. The normalized spacial score (nSPS) is 19.0. The van der Waals surface area contributed by atoms with Crippen LogP contribution < -0.4 is 15.0 Å². The molecule has 1 unspecified atom stereocenters. The van der Waals surface area contributed by atoms with Crippen molar-refractivity contribution in [3.05, 3.63) is 58.7 Å². The first-order valence-electron chi connectivity index (χ1n) is 11.1. The molecule has 0 radical (unpaired) electrons. The number of Topliss-reactive ketones (excluding diaryl/α,β-unsaturated/α-hetero) is 1. The molecule has 1 aliphatic heterocycles. The van der Waals surface area contributed by atoms with E-state index in [0.717, 1.165) is 62.0 Å². The molecule has 7 heteroatoms. The van der Waals surface area contributed by atoms with Crippen molar-refractivity contribution in [3.63, 3.8) is 0 Å². The van der Waals surface area contributed by atoms with E-state index in [1.165, 1.54) is 0 Å². The lowest BCUT2D eigenvalue weighted by molar-refractivity contribution is 0.0706. The Morgan fingerprint density at radius 2 is 1.75 bits per heavy atom. The fraction of sp³-hybridized carbons (Fsp3) is 0.440. The minimum Gasteiger partial charge on any atom is -0.493 e. The van der Waals surface area contributed by atoms with Gasteiger partial charge < -0.3 is 9.47 Å². The number of benzene rings is 2. The number of piperidine rings is 1. The SMILES string of the molecule is COc1cc2c(cc1OC)C(=O)C(CC1CCN(Cc3ccc(C(=O)NO)cc3)CC1)C2. The van der Waals surface area contributed by atoms with Crippen LogP contribution in [0.15, 0.2) is 36.4 Å². The van der Waals surface area contributed by atoms with Gasteiger partial charge >= 0.3 is 0 Å². The predicted molar refractivity (Wildman–Crippen MR) is 119 cm³/mol. The number of fused-ring (bicyclic) bond motifs is 1. The Labute approximate surface area is 188 Å². The second-order valence-corrected chi connectivity index (χ2v) is 8.72. The van der Waals surface area contributed by atoms with E-state index in [9.17, 15) is 9.59 Å². The third-order valence-electron chi connectivity index (χ3n) is 6.76. The van der Waals surface area contributed by atoms with Crippen LogP contribution in [0.1, 0.15) is 51.1 Å². The monoisotopic (exact) mass is 438 g/mol. The molecular formula is C25H30N2O5. The first-order valence-corrected chi connectivity index (χ1v) is 11.1. The molecule has 0 bridgehead atoms. The molecule has 0 aromatic heterocycles. The van der Waals surface area contributed by atoms with E-state index < -0.39 is 5.91 Å². The second-order valence-electron chi connectivity index (χ2n) is 8.72. The molecule has 7 nitrogen and oxygen atoms in total. The zero-order valence-electron chi connectivity index (χ0n) is 18.6. The van der Waals surface area contributed by atoms with Crippen molar-refractivity contribution in [1.82, 2.24) is 10.4 Å². The molecule has 1 saturated heterocycles. The lowest BCUT2D eigenvalue weighted by atomic mass is 9.85. The Balaban J connectivity index is 1.29. The third kappa shape index (κ3) is 4.64. The van der Waals surface area contributed by atoms with Crippen molar-refractivity contribution >= 4 is 11.7 Å². The molecule has 4 rings (SSSR count). The highest BCUT2D eigenvalue weighted by atomic mass is 16.5. The first-order chi connectivity index (χ1) is 15.5. The van der Waals surface area contributed by atoms with Crippen LogP contribution in [0.4, 0.5) is 0 Å². The molecule has 2 aromatic rings. The highest BCUT2D eigenvalue weighted by molar-refractivity contribution is 6.03. The van der Waals surface area contributed by atoms with Gasteiger partial charge in [-0.15, -0.1) is 0 Å². The molecule has 2 N–H and O–H groups in total. The third-order valence-corrected chi connectivity index (χ3v) is 6.76. The molecule has 170 valence electrons. The molecule has 2 aliphatic rings. The van der Waals surface area contributed by atoms with Crippen LogP contribution in [0.5, 0.6) is 11.5 Å². The zero-order chi connectivity index (χ0) is 22.7. The quantitative estimate of drug-likeness (QED) is 0.508. The average Bonchev–Trinajstić information content (AvgIpc) is 3.13. The summed E-state index contributed by atoms with van der Waals surface area (Å²) in [6, 6.07) is 11.1. The smallest absolute Gasteiger partial charge is 0.274 e. The maximum Gasteiger partial charge on any atom is 0.274 e. The van der Waals surface area contributed by atoms with Gasteiger partial charge in [0.25, 0.3) is 5.91 Å². The zero-order valence-corrected chi connectivity index (χ0v) is 18.6. The lowest BCUT2D eigenvalue weighted by Gasteiger charge is -2.33. The number of carbonyl (C=O) groups is 2. The highest BCUT2D eigenvalue weighted by Crippen LogP contribution is 2.39.